The molecule has 1 N–H and O–H groups in total. The smallest absolute Gasteiger partial charge is 0.0299 e. The van der Waals surface area contributed by atoms with Crippen molar-refractivity contribution in [2.45, 2.75) is 19.4 Å². The molecule has 0 aliphatic carbocycles. The summed E-state index contributed by atoms with van der Waals surface area (Å²) in [6.45, 7) is 4.27. The lowest BCUT2D eigenvalue weighted by molar-refractivity contribution is 0.619. The van der Waals surface area contributed by atoms with Crippen LogP contribution in [0.15, 0.2) is 47.8 Å². The number of thiophene rings is 1. The number of nitrogens with one attached hydrogen (secondary N) is 1. The van der Waals surface area contributed by atoms with Gasteiger partial charge in [-0.25, -0.2) is 0 Å². The molecule has 3 heteroatoms. The van der Waals surface area contributed by atoms with Gasteiger partial charge >= 0.3 is 0 Å². The number of benzene rings is 1. The lowest BCUT2D eigenvalue weighted by Gasteiger charge is -2.12. The van der Waals surface area contributed by atoms with Crippen LogP contribution in [0.25, 0.3) is 0 Å². The summed E-state index contributed by atoms with van der Waals surface area (Å²) in [5.74, 6) is 0.571. The second kappa shape index (κ2) is 7.49. The summed E-state index contributed by atoms with van der Waals surface area (Å²) in [6.07, 6.45) is 0. The molecule has 0 aliphatic rings. The molecule has 0 saturated heterocycles. The molecule has 1 aromatic heterocycles. The fourth-order valence-corrected chi connectivity index (χ4v) is 2.40. The summed E-state index contributed by atoms with van der Waals surface area (Å²) in [5, 5.41) is 5.62. The van der Waals surface area contributed by atoms with Crippen LogP contribution < -0.4 is 5.32 Å². The molecule has 0 radical (unpaired) electrons. The van der Waals surface area contributed by atoms with Crippen LogP contribution in [0, 0.1) is 0 Å². The van der Waals surface area contributed by atoms with Gasteiger partial charge in [0.25, 0.3) is 0 Å². The predicted octanol–water partition coefficient (Wildman–Crippen LogP) is 4.06. The molecule has 0 saturated carbocycles. The summed E-state index contributed by atoms with van der Waals surface area (Å²) < 4.78 is 0. The van der Waals surface area contributed by atoms with Gasteiger partial charge < -0.3 is 5.32 Å². The SMILES string of the molecule is CC(CNCc1cccs1)c1ccccc1.Cl. The topological polar surface area (TPSA) is 12.0 Å². The van der Waals surface area contributed by atoms with Crippen molar-refractivity contribution in [3.8, 4) is 0 Å². The highest BCUT2D eigenvalue weighted by Gasteiger charge is 2.03. The van der Waals surface area contributed by atoms with Gasteiger partial charge in [-0.1, -0.05) is 43.3 Å². The van der Waals surface area contributed by atoms with Crippen molar-refractivity contribution in [1.82, 2.24) is 5.32 Å². The Morgan fingerprint density at radius 3 is 2.53 bits per heavy atom. The number of rotatable bonds is 5. The average molecular weight is 268 g/mol. The molecule has 1 heterocycles. The summed E-state index contributed by atoms with van der Waals surface area (Å²) in [7, 11) is 0. The molecule has 1 unspecified atom stereocenters. The van der Waals surface area contributed by atoms with E-state index in [1.807, 2.05) is 11.3 Å². The molecule has 2 rings (SSSR count). The lowest BCUT2D eigenvalue weighted by atomic mass is 10.0. The van der Waals surface area contributed by atoms with E-state index in [0.29, 0.717) is 5.92 Å². The molecule has 17 heavy (non-hydrogen) atoms. The zero-order chi connectivity index (χ0) is 11.2. The van der Waals surface area contributed by atoms with Crippen LogP contribution in [0.3, 0.4) is 0 Å². The van der Waals surface area contributed by atoms with E-state index < -0.39 is 0 Å². The fourth-order valence-electron chi connectivity index (χ4n) is 1.72. The molecular formula is C14H18ClNS. The van der Waals surface area contributed by atoms with Gasteiger partial charge in [0, 0.05) is 18.0 Å². The Bertz CT molecular complexity index is 399. The van der Waals surface area contributed by atoms with Crippen LogP contribution in [0.5, 0.6) is 0 Å². The van der Waals surface area contributed by atoms with E-state index in [-0.39, 0.29) is 12.4 Å². The van der Waals surface area contributed by atoms with Gasteiger partial charge in [-0.05, 0) is 22.9 Å². The summed E-state index contributed by atoms with van der Waals surface area (Å²) >= 11 is 1.81. The van der Waals surface area contributed by atoms with Crippen LogP contribution in [-0.2, 0) is 6.54 Å². The fraction of sp³-hybridized carbons (Fsp3) is 0.286. The molecule has 0 bridgehead atoms. The second-order valence-corrected chi connectivity index (χ2v) is 5.05. The molecular weight excluding hydrogens is 250 g/mol. The minimum Gasteiger partial charge on any atom is -0.311 e. The van der Waals surface area contributed by atoms with Crippen molar-refractivity contribution < 1.29 is 0 Å². The normalized spacial score (nSPS) is 11.8. The van der Waals surface area contributed by atoms with Crippen molar-refractivity contribution in [2.75, 3.05) is 6.54 Å². The largest absolute Gasteiger partial charge is 0.311 e. The van der Waals surface area contributed by atoms with Gasteiger partial charge in [0.05, 0.1) is 0 Å². The van der Waals surface area contributed by atoms with E-state index in [1.54, 1.807) is 0 Å². The second-order valence-electron chi connectivity index (χ2n) is 4.02. The molecule has 0 amide bonds. The van der Waals surface area contributed by atoms with Crippen molar-refractivity contribution in [2.24, 2.45) is 0 Å². The van der Waals surface area contributed by atoms with Gasteiger partial charge in [-0.15, -0.1) is 23.7 Å². The van der Waals surface area contributed by atoms with E-state index in [1.165, 1.54) is 10.4 Å². The Hall–Kier alpha value is -0.830. The van der Waals surface area contributed by atoms with Crippen LogP contribution >= 0.6 is 23.7 Å². The molecule has 1 atom stereocenters. The minimum absolute atomic E-state index is 0. The van der Waals surface area contributed by atoms with Gasteiger partial charge in [0.1, 0.15) is 0 Å². The highest BCUT2D eigenvalue weighted by Crippen LogP contribution is 2.14. The van der Waals surface area contributed by atoms with Crippen LogP contribution in [0.4, 0.5) is 0 Å². The third-order valence-corrected chi connectivity index (χ3v) is 3.57. The predicted molar refractivity (Wildman–Crippen MR) is 78.1 cm³/mol. The van der Waals surface area contributed by atoms with Crippen LogP contribution in [0.1, 0.15) is 23.3 Å². The minimum atomic E-state index is 0. The van der Waals surface area contributed by atoms with Crippen molar-refractivity contribution >= 4 is 23.7 Å². The molecule has 0 fully saturated rings. The number of hydrogen-bond donors (Lipinski definition) is 1. The molecule has 1 aromatic carbocycles. The maximum absolute atomic E-state index is 3.50. The van der Waals surface area contributed by atoms with Gasteiger partial charge in [-0.2, -0.15) is 0 Å². The average Bonchev–Trinajstić information content (AvgIpc) is 2.83. The first kappa shape index (κ1) is 14.2. The Morgan fingerprint density at radius 1 is 1.12 bits per heavy atom. The highest BCUT2D eigenvalue weighted by atomic mass is 35.5. The highest BCUT2D eigenvalue weighted by molar-refractivity contribution is 7.09. The van der Waals surface area contributed by atoms with E-state index in [9.17, 15) is 0 Å². The zero-order valence-electron chi connectivity index (χ0n) is 9.93. The van der Waals surface area contributed by atoms with Crippen molar-refractivity contribution in [1.29, 1.82) is 0 Å². The third-order valence-electron chi connectivity index (χ3n) is 2.70. The van der Waals surface area contributed by atoms with Crippen molar-refractivity contribution in [3.63, 3.8) is 0 Å². The van der Waals surface area contributed by atoms with E-state index in [2.05, 4.69) is 60.1 Å². The van der Waals surface area contributed by atoms with Gasteiger partial charge in [0.15, 0.2) is 0 Å². The van der Waals surface area contributed by atoms with E-state index >= 15 is 0 Å². The van der Waals surface area contributed by atoms with Gasteiger partial charge in [-0.3, -0.25) is 0 Å². The van der Waals surface area contributed by atoms with E-state index in [4.69, 9.17) is 0 Å². The molecule has 92 valence electrons. The summed E-state index contributed by atoms with van der Waals surface area (Å²) in [4.78, 5) is 1.40. The standard InChI is InChI=1S/C14H17NS.ClH/c1-12(13-6-3-2-4-7-13)10-15-11-14-8-5-9-16-14;/h2-9,12,15H,10-11H2,1H3;1H. The molecule has 1 nitrogen and oxygen atoms in total. The molecule has 0 aliphatic heterocycles. The molecule has 0 spiro atoms. The van der Waals surface area contributed by atoms with Gasteiger partial charge in [0.2, 0.25) is 0 Å². The maximum atomic E-state index is 3.50. The monoisotopic (exact) mass is 267 g/mol. The maximum Gasteiger partial charge on any atom is 0.0299 e. The van der Waals surface area contributed by atoms with E-state index in [0.717, 1.165) is 13.1 Å². The zero-order valence-corrected chi connectivity index (χ0v) is 11.6. The Kier molecular flexibility index (Phi) is 6.27. The van der Waals surface area contributed by atoms with Crippen molar-refractivity contribution in [3.05, 3.63) is 58.3 Å². The first-order valence-corrected chi connectivity index (χ1v) is 6.52. The Morgan fingerprint density at radius 2 is 1.88 bits per heavy atom. The first-order chi connectivity index (χ1) is 7.86. The number of halogens is 1. The first-order valence-electron chi connectivity index (χ1n) is 5.64. The summed E-state index contributed by atoms with van der Waals surface area (Å²) in [5.41, 5.74) is 1.40. The lowest BCUT2D eigenvalue weighted by Crippen LogP contribution is -2.19. The van der Waals surface area contributed by atoms with Crippen LogP contribution in [0.2, 0.25) is 0 Å². The third kappa shape index (κ3) is 4.50. The Balaban J connectivity index is 0.00000144. The molecule has 2 aromatic rings. The van der Waals surface area contributed by atoms with Crippen LogP contribution in [-0.4, -0.2) is 6.54 Å². The Labute approximate surface area is 113 Å². The quantitative estimate of drug-likeness (QED) is 0.861. The number of hydrogen-bond acceptors (Lipinski definition) is 2. The summed E-state index contributed by atoms with van der Waals surface area (Å²) in [6, 6.07) is 14.9.